The number of hydrogen-bond acceptors (Lipinski definition) is 4. The third-order valence-corrected chi connectivity index (χ3v) is 5.95. The number of carbonyl (C=O) groups excluding carboxylic acids is 2. The van der Waals surface area contributed by atoms with Crippen molar-refractivity contribution < 1.29 is 14.0 Å². The van der Waals surface area contributed by atoms with Gasteiger partial charge in [0.1, 0.15) is 16.5 Å². The van der Waals surface area contributed by atoms with Gasteiger partial charge in [-0.3, -0.25) is 9.59 Å². The second kappa shape index (κ2) is 7.86. The van der Waals surface area contributed by atoms with Crippen molar-refractivity contribution in [1.29, 1.82) is 0 Å². The van der Waals surface area contributed by atoms with Crippen molar-refractivity contribution in [3.63, 3.8) is 0 Å². The highest BCUT2D eigenvalue weighted by molar-refractivity contribution is 7.17. The van der Waals surface area contributed by atoms with Crippen LogP contribution in [0.2, 0.25) is 0 Å². The van der Waals surface area contributed by atoms with Gasteiger partial charge in [-0.25, -0.2) is 0 Å². The number of anilines is 1. The number of primary amides is 1. The largest absolute Gasteiger partial charge is 0.457 e. The number of amides is 2. The van der Waals surface area contributed by atoms with Crippen molar-refractivity contribution in [3.8, 4) is 11.3 Å². The van der Waals surface area contributed by atoms with Gasteiger partial charge >= 0.3 is 0 Å². The van der Waals surface area contributed by atoms with Gasteiger partial charge < -0.3 is 15.5 Å². The number of nitrogens with one attached hydrogen (secondary N) is 1. The molecule has 3 aromatic rings. The van der Waals surface area contributed by atoms with Crippen LogP contribution in [0.25, 0.3) is 17.4 Å². The molecular weight excluding hydrogens is 372 g/mol. The second-order valence-electron chi connectivity index (χ2n) is 6.67. The van der Waals surface area contributed by atoms with Gasteiger partial charge in [-0.05, 0) is 49.5 Å². The molecule has 6 heteroatoms. The molecule has 0 aliphatic heterocycles. The minimum Gasteiger partial charge on any atom is -0.457 e. The zero-order chi connectivity index (χ0) is 19.5. The predicted molar refractivity (Wildman–Crippen MR) is 111 cm³/mol. The third kappa shape index (κ3) is 3.77. The molecule has 4 rings (SSSR count). The van der Waals surface area contributed by atoms with Crippen LogP contribution in [0.3, 0.4) is 0 Å². The Morgan fingerprint density at radius 1 is 1.07 bits per heavy atom. The Balaban J connectivity index is 1.49. The van der Waals surface area contributed by atoms with E-state index in [1.807, 2.05) is 42.5 Å². The summed E-state index contributed by atoms with van der Waals surface area (Å²) >= 11 is 1.45. The molecule has 2 amide bonds. The molecule has 5 nitrogen and oxygen atoms in total. The van der Waals surface area contributed by atoms with E-state index in [-0.39, 0.29) is 5.91 Å². The summed E-state index contributed by atoms with van der Waals surface area (Å²) in [5, 5.41) is 3.35. The van der Waals surface area contributed by atoms with E-state index in [0.717, 1.165) is 47.4 Å². The van der Waals surface area contributed by atoms with E-state index in [1.165, 1.54) is 17.4 Å². The third-order valence-electron chi connectivity index (χ3n) is 4.74. The zero-order valence-corrected chi connectivity index (χ0v) is 16.1. The van der Waals surface area contributed by atoms with Crippen molar-refractivity contribution in [1.82, 2.24) is 0 Å². The lowest BCUT2D eigenvalue weighted by molar-refractivity contribution is -0.111. The van der Waals surface area contributed by atoms with Gasteiger partial charge in [0, 0.05) is 16.5 Å². The van der Waals surface area contributed by atoms with E-state index < -0.39 is 5.91 Å². The first-order chi connectivity index (χ1) is 13.6. The van der Waals surface area contributed by atoms with E-state index in [2.05, 4.69) is 5.32 Å². The molecule has 0 spiro atoms. The van der Waals surface area contributed by atoms with E-state index >= 15 is 0 Å². The maximum Gasteiger partial charge on any atom is 0.251 e. The van der Waals surface area contributed by atoms with Crippen LogP contribution in [0.1, 0.15) is 39.4 Å². The molecule has 0 fully saturated rings. The maximum atomic E-state index is 12.4. The molecule has 0 unspecified atom stereocenters. The highest BCUT2D eigenvalue weighted by Gasteiger charge is 2.24. The van der Waals surface area contributed by atoms with Crippen molar-refractivity contribution in [2.24, 2.45) is 5.73 Å². The topological polar surface area (TPSA) is 85.3 Å². The van der Waals surface area contributed by atoms with E-state index in [4.69, 9.17) is 10.2 Å². The van der Waals surface area contributed by atoms with Gasteiger partial charge in [0.05, 0.1) is 5.56 Å². The number of aryl methyl sites for hydroxylation is 1. The van der Waals surface area contributed by atoms with Crippen LogP contribution in [0, 0.1) is 0 Å². The first-order valence-corrected chi connectivity index (χ1v) is 10.0. The highest BCUT2D eigenvalue weighted by Crippen LogP contribution is 2.37. The normalized spacial score (nSPS) is 13.4. The van der Waals surface area contributed by atoms with Crippen LogP contribution in [-0.2, 0) is 17.6 Å². The molecule has 0 radical (unpaired) electrons. The van der Waals surface area contributed by atoms with Gasteiger partial charge in [-0.2, -0.15) is 0 Å². The van der Waals surface area contributed by atoms with Gasteiger partial charge in [-0.15, -0.1) is 11.3 Å². The summed E-state index contributed by atoms with van der Waals surface area (Å²) in [5.74, 6) is 0.508. The Kier molecular flexibility index (Phi) is 5.12. The Morgan fingerprint density at radius 3 is 2.64 bits per heavy atom. The van der Waals surface area contributed by atoms with Crippen LogP contribution in [-0.4, -0.2) is 11.8 Å². The molecule has 3 N–H and O–H groups in total. The van der Waals surface area contributed by atoms with Crippen LogP contribution in [0.15, 0.2) is 53.0 Å². The lowest BCUT2D eigenvalue weighted by Gasteiger charge is -2.11. The van der Waals surface area contributed by atoms with Gasteiger partial charge in [0.25, 0.3) is 5.91 Å². The minimum atomic E-state index is -0.489. The summed E-state index contributed by atoms with van der Waals surface area (Å²) in [4.78, 5) is 25.4. The molecule has 0 bridgehead atoms. The van der Waals surface area contributed by atoms with Gasteiger partial charge in [0.2, 0.25) is 5.91 Å². The Morgan fingerprint density at radius 2 is 1.86 bits per heavy atom. The van der Waals surface area contributed by atoms with Crippen molar-refractivity contribution in [3.05, 3.63) is 70.3 Å². The van der Waals surface area contributed by atoms with E-state index in [1.54, 1.807) is 6.08 Å². The summed E-state index contributed by atoms with van der Waals surface area (Å²) in [6, 6.07) is 13.4. The van der Waals surface area contributed by atoms with Crippen LogP contribution < -0.4 is 11.1 Å². The number of rotatable bonds is 5. The summed E-state index contributed by atoms with van der Waals surface area (Å²) < 4.78 is 5.76. The van der Waals surface area contributed by atoms with E-state index in [0.29, 0.717) is 16.3 Å². The van der Waals surface area contributed by atoms with Crippen molar-refractivity contribution >= 4 is 34.2 Å². The van der Waals surface area contributed by atoms with Gasteiger partial charge in [0.15, 0.2) is 0 Å². The standard InChI is InChI=1S/C22H20N2O3S/c23-21(26)20-16-8-4-5-9-18(16)28-22(20)24-19(25)13-11-15-10-12-17(27-15)14-6-2-1-3-7-14/h1-3,6-7,10-13H,4-5,8-9H2,(H2,23,26)(H,24,25)/b13-11+. The summed E-state index contributed by atoms with van der Waals surface area (Å²) in [6.45, 7) is 0. The number of benzene rings is 1. The highest BCUT2D eigenvalue weighted by atomic mass is 32.1. The molecule has 142 valence electrons. The Labute approximate surface area is 166 Å². The average Bonchev–Trinajstić information content (AvgIpc) is 3.31. The second-order valence-corrected chi connectivity index (χ2v) is 7.78. The predicted octanol–water partition coefficient (Wildman–Crippen LogP) is 4.64. The number of carbonyl (C=O) groups is 2. The minimum absolute atomic E-state index is 0.321. The van der Waals surface area contributed by atoms with E-state index in [9.17, 15) is 9.59 Å². The number of hydrogen-bond donors (Lipinski definition) is 2. The quantitative estimate of drug-likeness (QED) is 0.621. The van der Waals surface area contributed by atoms with Crippen LogP contribution in [0.5, 0.6) is 0 Å². The first-order valence-electron chi connectivity index (χ1n) is 9.20. The number of thiophene rings is 1. The number of fused-ring (bicyclic) bond motifs is 1. The fourth-order valence-corrected chi connectivity index (χ4v) is 4.72. The average molecular weight is 392 g/mol. The smallest absolute Gasteiger partial charge is 0.251 e. The lowest BCUT2D eigenvalue weighted by Crippen LogP contribution is -2.17. The fourth-order valence-electron chi connectivity index (χ4n) is 3.43. The summed E-state index contributed by atoms with van der Waals surface area (Å²) in [6.07, 6.45) is 6.92. The summed E-state index contributed by atoms with van der Waals surface area (Å²) in [5.41, 5.74) is 8.00. The van der Waals surface area contributed by atoms with Crippen LogP contribution in [0.4, 0.5) is 5.00 Å². The Hall–Kier alpha value is -3.12. The zero-order valence-electron chi connectivity index (χ0n) is 15.2. The molecule has 28 heavy (non-hydrogen) atoms. The SMILES string of the molecule is NC(=O)c1c(NC(=O)/C=C/c2ccc(-c3ccccc3)o2)sc2c1CCCC2. The van der Waals surface area contributed by atoms with Gasteiger partial charge in [-0.1, -0.05) is 30.3 Å². The molecule has 1 aliphatic carbocycles. The molecule has 1 aromatic carbocycles. The molecule has 0 atom stereocenters. The van der Waals surface area contributed by atoms with Crippen molar-refractivity contribution in [2.45, 2.75) is 25.7 Å². The molecular formula is C22H20N2O3S. The molecule has 0 saturated carbocycles. The molecule has 1 aliphatic rings. The summed E-state index contributed by atoms with van der Waals surface area (Å²) in [7, 11) is 0. The number of nitrogens with two attached hydrogens (primary N) is 1. The maximum absolute atomic E-state index is 12.4. The number of furan rings is 1. The molecule has 2 heterocycles. The monoisotopic (exact) mass is 392 g/mol. The van der Waals surface area contributed by atoms with Crippen molar-refractivity contribution in [2.75, 3.05) is 5.32 Å². The molecule has 2 aromatic heterocycles. The lowest BCUT2D eigenvalue weighted by atomic mass is 9.95. The van der Waals surface area contributed by atoms with Crippen LogP contribution >= 0.6 is 11.3 Å². The fraction of sp³-hybridized carbons (Fsp3) is 0.182. The Bertz CT molecular complexity index is 1050. The first kappa shape index (κ1) is 18.3. The molecule has 0 saturated heterocycles.